The third-order valence-electron chi connectivity index (χ3n) is 6.06. The predicted molar refractivity (Wildman–Crippen MR) is 125 cm³/mol. The zero-order chi connectivity index (χ0) is 22.2. The zero-order valence-corrected chi connectivity index (χ0v) is 19.0. The summed E-state index contributed by atoms with van der Waals surface area (Å²) < 4.78 is 15.5. The van der Waals surface area contributed by atoms with Gasteiger partial charge in [-0.2, -0.15) is 0 Å². The number of carbonyl (C=O) groups is 1. The van der Waals surface area contributed by atoms with Gasteiger partial charge in [-0.25, -0.2) is 14.4 Å². The van der Waals surface area contributed by atoms with Gasteiger partial charge in [0.2, 0.25) is 0 Å². The highest BCUT2D eigenvalue weighted by Gasteiger charge is 2.31. The van der Waals surface area contributed by atoms with E-state index in [1.165, 1.54) is 12.3 Å². The minimum Gasteiger partial charge on any atom is -0.334 e. The van der Waals surface area contributed by atoms with Crippen molar-refractivity contribution in [1.29, 1.82) is 0 Å². The van der Waals surface area contributed by atoms with Crippen LogP contribution in [0, 0.1) is 19.7 Å². The standard InChI is InChI=1S/C25H25FN4OS/c1-16-12-19(26)14-29-15-20(28-24(16)29)13-21-10-6-7-11-30(21)25(31)22-23(32-17(2)27-22)18-8-4-3-5-9-18/h3-5,8-9,12,14-15,21H,6-7,10-11,13H2,1-2H3/t21-/m0/s1. The summed E-state index contributed by atoms with van der Waals surface area (Å²) in [6, 6.07) is 11.5. The summed E-state index contributed by atoms with van der Waals surface area (Å²) in [5.74, 6) is -0.287. The minimum atomic E-state index is -0.277. The fourth-order valence-electron chi connectivity index (χ4n) is 4.59. The highest BCUT2D eigenvalue weighted by Crippen LogP contribution is 2.32. The highest BCUT2D eigenvalue weighted by molar-refractivity contribution is 7.15. The molecule has 1 atom stereocenters. The molecule has 4 aromatic rings. The predicted octanol–water partition coefficient (Wildman–Crippen LogP) is 5.45. The number of imidazole rings is 1. The van der Waals surface area contributed by atoms with Crippen molar-refractivity contribution in [2.24, 2.45) is 0 Å². The van der Waals surface area contributed by atoms with Crippen molar-refractivity contribution in [3.63, 3.8) is 0 Å². The summed E-state index contributed by atoms with van der Waals surface area (Å²) >= 11 is 1.56. The number of piperidine rings is 1. The van der Waals surface area contributed by atoms with Crippen LogP contribution in [0.2, 0.25) is 0 Å². The molecule has 1 amide bonds. The molecule has 0 saturated carbocycles. The van der Waals surface area contributed by atoms with E-state index in [1.807, 2.05) is 55.3 Å². The molecule has 5 rings (SSSR count). The second-order valence-electron chi connectivity index (χ2n) is 8.43. The van der Waals surface area contributed by atoms with Crippen LogP contribution in [0.1, 0.15) is 46.0 Å². The van der Waals surface area contributed by atoms with E-state index >= 15 is 0 Å². The first kappa shape index (κ1) is 20.8. The average molecular weight is 449 g/mol. The van der Waals surface area contributed by atoms with Crippen molar-refractivity contribution >= 4 is 22.9 Å². The number of pyridine rings is 1. The summed E-state index contributed by atoms with van der Waals surface area (Å²) in [5, 5.41) is 0.888. The maximum Gasteiger partial charge on any atom is 0.274 e. The van der Waals surface area contributed by atoms with Gasteiger partial charge in [0, 0.05) is 31.4 Å². The molecule has 0 aliphatic carbocycles. The number of amides is 1. The van der Waals surface area contributed by atoms with Crippen molar-refractivity contribution in [3.8, 4) is 10.4 Å². The van der Waals surface area contributed by atoms with Gasteiger partial charge in [0.25, 0.3) is 5.91 Å². The molecule has 0 unspecified atom stereocenters. The Morgan fingerprint density at radius 1 is 1.16 bits per heavy atom. The average Bonchev–Trinajstić information content (AvgIpc) is 3.37. The van der Waals surface area contributed by atoms with Gasteiger partial charge >= 0.3 is 0 Å². The lowest BCUT2D eigenvalue weighted by Crippen LogP contribution is -2.45. The molecule has 164 valence electrons. The van der Waals surface area contributed by atoms with Crippen LogP contribution >= 0.6 is 11.3 Å². The van der Waals surface area contributed by atoms with Crippen LogP contribution in [0.3, 0.4) is 0 Å². The Hall–Kier alpha value is -3.06. The number of halogens is 1. The van der Waals surface area contributed by atoms with Crippen molar-refractivity contribution in [3.05, 3.63) is 76.6 Å². The first-order chi connectivity index (χ1) is 15.5. The molecule has 0 spiro atoms. The second-order valence-corrected chi connectivity index (χ2v) is 9.64. The van der Waals surface area contributed by atoms with Crippen LogP contribution in [0.5, 0.6) is 0 Å². The van der Waals surface area contributed by atoms with E-state index in [2.05, 4.69) is 4.98 Å². The maximum atomic E-state index is 13.8. The number of aromatic nitrogens is 3. The first-order valence-corrected chi connectivity index (χ1v) is 11.8. The van der Waals surface area contributed by atoms with E-state index in [1.54, 1.807) is 15.7 Å². The maximum absolute atomic E-state index is 13.8. The van der Waals surface area contributed by atoms with Gasteiger partial charge in [0.15, 0.2) is 0 Å². The van der Waals surface area contributed by atoms with Crippen molar-refractivity contribution in [1.82, 2.24) is 19.3 Å². The number of thiazole rings is 1. The Morgan fingerprint density at radius 2 is 1.97 bits per heavy atom. The van der Waals surface area contributed by atoms with Gasteiger partial charge in [0.05, 0.1) is 15.6 Å². The van der Waals surface area contributed by atoms with Crippen LogP contribution < -0.4 is 0 Å². The quantitative estimate of drug-likeness (QED) is 0.417. The summed E-state index contributed by atoms with van der Waals surface area (Å²) in [6.45, 7) is 4.52. The molecular formula is C25H25FN4OS. The van der Waals surface area contributed by atoms with Gasteiger partial charge in [0.1, 0.15) is 17.2 Å². The Kier molecular flexibility index (Phi) is 5.51. The Balaban J connectivity index is 1.44. The van der Waals surface area contributed by atoms with E-state index in [-0.39, 0.29) is 17.8 Å². The third-order valence-corrected chi connectivity index (χ3v) is 7.08. The normalized spacial score (nSPS) is 16.6. The number of aryl methyl sites for hydroxylation is 2. The number of rotatable bonds is 4. The molecule has 0 radical (unpaired) electrons. The monoisotopic (exact) mass is 448 g/mol. The summed E-state index contributed by atoms with van der Waals surface area (Å²) in [7, 11) is 0. The zero-order valence-electron chi connectivity index (χ0n) is 18.2. The van der Waals surface area contributed by atoms with Crippen molar-refractivity contribution in [2.75, 3.05) is 6.54 Å². The van der Waals surface area contributed by atoms with E-state index in [0.29, 0.717) is 12.1 Å². The van der Waals surface area contributed by atoms with Crippen LogP contribution in [0.25, 0.3) is 16.1 Å². The van der Waals surface area contributed by atoms with Crippen molar-refractivity contribution < 1.29 is 9.18 Å². The summed E-state index contributed by atoms with van der Waals surface area (Å²) in [5.41, 5.74) is 4.00. The highest BCUT2D eigenvalue weighted by atomic mass is 32.1. The molecule has 1 aliphatic heterocycles. The molecule has 7 heteroatoms. The Bertz CT molecular complexity index is 1280. The van der Waals surface area contributed by atoms with Crippen LogP contribution in [-0.2, 0) is 6.42 Å². The number of carbonyl (C=O) groups excluding carboxylic acids is 1. The molecule has 1 aromatic carbocycles. The smallest absolute Gasteiger partial charge is 0.274 e. The Morgan fingerprint density at radius 3 is 2.78 bits per heavy atom. The largest absolute Gasteiger partial charge is 0.334 e. The van der Waals surface area contributed by atoms with Crippen LogP contribution in [-0.4, -0.2) is 37.8 Å². The lowest BCUT2D eigenvalue weighted by Gasteiger charge is -2.35. The molecule has 4 heterocycles. The number of fused-ring (bicyclic) bond motifs is 1. The summed E-state index contributed by atoms with van der Waals surface area (Å²) in [4.78, 5) is 25.9. The van der Waals surface area contributed by atoms with Gasteiger partial charge in [-0.05, 0) is 50.3 Å². The topological polar surface area (TPSA) is 50.5 Å². The summed E-state index contributed by atoms with van der Waals surface area (Å²) in [6.07, 6.45) is 6.98. The molecule has 32 heavy (non-hydrogen) atoms. The lowest BCUT2D eigenvalue weighted by atomic mass is 9.97. The molecular weight excluding hydrogens is 423 g/mol. The van der Waals surface area contributed by atoms with Gasteiger partial charge < -0.3 is 9.30 Å². The molecule has 0 N–H and O–H groups in total. The second kappa shape index (κ2) is 8.47. The fraction of sp³-hybridized carbons (Fsp3) is 0.320. The van der Waals surface area contributed by atoms with Crippen molar-refractivity contribution in [2.45, 2.75) is 45.6 Å². The van der Waals surface area contributed by atoms with Crippen LogP contribution in [0.4, 0.5) is 4.39 Å². The van der Waals surface area contributed by atoms with Crippen LogP contribution in [0.15, 0.2) is 48.8 Å². The number of benzene rings is 1. The SMILES string of the molecule is Cc1nc(C(=O)N2CCCC[C@H]2Cc2cn3cc(F)cc(C)c3n2)c(-c2ccccc2)s1. The van der Waals surface area contributed by atoms with Gasteiger partial charge in [-0.1, -0.05) is 30.3 Å². The Labute approximate surface area is 190 Å². The van der Waals surface area contributed by atoms with Gasteiger partial charge in [-0.3, -0.25) is 4.79 Å². The number of nitrogens with zero attached hydrogens (tertiary/aromatic N) is 4. The molecule has 1 saturated heterocycles. The lowest BCUT2D eigenvalue weighted by molar-refractivity contribution is 0.0608. The minimum absolute atomic E-state index is 0.0103. The molecule has 5 nitrogen and oxygen atoms in total. The molecule has 1 fully saturated rings. The van der Waals surface area contributed by atoms with E-state index in [4.69, 9.17) is 4.98 Å². The number of hydrogen-bond donors (Lipinski definition) is 0. The molecule has 1 aliphatic rings. The van der Waals surface area contributed by atoms with Gasteiger partial charge in [-0.15, -0.1) is 11.3 Å². The molecule has 0 bridgehead atoms. The fourth-order valence-corrected chi connectivity index (χ4v) is 5.51. The third kappa shape index (κ3) is 3.93. The number of hydrogen-bond acceptors (Lipinski definition) is 4. The first-order valence-electron chi connectivity index (χ1n) is 11.0. The van der Waals surface area contributed by atoms with E-state index in [9.17, 15) is 9.18 Å². The van der Waals surface area contributed by atoms with E-state index < -0.39 is 0 Å². The van der Waals surface area contributed by atoms with E-state index in [0.717, 1.165) is 58.2 Å². The number of likely N-dealkylation sites (tertiary alicyclic amines) is 1. The molecule has 3 aromatic heterocycles.